The van der Waals surface area contributed by atoms with Crippen LogP contribution < -0.4 is 4.89 Å². The quantitative estimate of drug-likeness (QED) is 0.0195. The summed E-state index contributed by atoms with van der Waals surface area (Å²) < 4.78 is 34.3. The van der Waals surface area contributed by atoms with Crippen LogP contribution in [0.15, 0.2) is 60.8 Å². The van der Waals surface area contributed by atoms with Gasteiger partial charge in [0.15, 0.2) is 6.10 Å². The van der Waals surface area contributed by atoms with Gasteiger partial charge in [0.1, 0.15) is 19.8 Å². The number of hydrogen-bond donors (Lipinski definition) is 0. The van der Waals surface area contributed by atoms with Crippen molar-refractivity contribution in [3.05, 3.63) is 60.8 Å². The van der Waals surface area contributed by atoms with E-state index in [0.717, 1.165) is 57.8 Å². The first-order chi connectivity index (χ1) is 42.0. The Hall–Kier alpha value is -2.29. The number of unbranched alkanes of at least 4 members (excludes halogenated alkanes) is 45. The van der Waals surface area contributed by atoms with Crippen LogP contribution in [0.2, 0.25) is 0 Å². The highest BCUT2D eigenvalue weighted by Crippen LogP contribution is 2.38. The summed E-state index contributed by atoms with van der Waals surface area (Å²) in [6.07, 6.45) is 89.0. The molecule has 0 bridgehead atoms. The largest absolute Gasteiger partial charge is 0.756 e. The van der Waals surface area contributed by atoms with E-state index < -0.39 is 26.5 Å². The Labute approximate surface area is 534 Å². The fraction of sp³-hybridized carbons (Fsp3) is 0.842. The van der Waals surface area contributed by atoms with Gasteiger partial charge in [-0.15, -0.1) is 0 Å². The number of phosphoric ester groups is 1. The summed E-state index contributed by atoms with van der Waals surface area (Å²) in [5.41, 5.74) is 0. The minimum Gasteiger partial charge on any atom is -0.756 e. The number of likely N-dealkylation sites (N-methyl/N-ethyl adjacent to an activating group) is 1. The molecule has 0 aromatic carbocycles. The molecule has 0 radical (unpaired) electrons. The van der Waals surface area contributed by atoms with Crippen LogP contribution in [0, 0.1) is 0 Å². The topological polar surface area (TPSA) is 111 Å². The average Bonchev–Trinajstić information content (AvgIpc) is 3.70. The molecule has 9 nitrogen and oxygen atoms in total. The van der Waals surface area contributed by atoms with Crippen LogP contribution in [0.25, 0.3) is 0 Å². The number of nitrogens with zero attached hydrogens (tertiary/aromatic N) is 1. The zero-order valence-corrected chi connectivity index (χ0v) is 58.4. The van der Waals surface area contributed by atoms with Gasteiger partial charge in [-0.2, -0.15) is 0 Å². The van der Waals surface area contributed by atoms with Gasteiger partial charge in [0, 0.05) is 12.8 Å². The first-order valence-corrected chi connectivity index (χ1v) is 38.5. The number of ether oxygens (including phenoxy) is 2. The van der Waals surface area contributed by atoms with E-state index in [2.05, 4.69) is 74.6 Å². The number of rotatable bonds is 69. The highest BCUT2D eigenvalue weighted by atomic mass is 31.2. The molecule has 0 saturated carbocycles. The molecule has 0 aliphatic carbocycles. The van der Waals surface area contributed by atoms with Crippen molar-refractivity contribution in [2.24, 2.45) is 0 Å². The van der Waals surface area contributed by atoms with E-state index in [1.165, 1.54) is 270 Å². The lowest BCUT2D eigenvalue weighted by molar-refractivity contribution is -0.870. The molecule has 504 valence electrons. The van der Waals surface area contributed by atoms with Gasteiger partial charge in [-0.25, -0.2) is 0 Å². The average molecular weight is 1230 g/mol. The van der Waals surface area contributed by atoms with Gasteiger partial charge >= 0.3 is 11.9 Å². The normalized spacial score (nSPS) is 13.4. The van der Waals surface area contributed by atoms with Crippen LogP contribution in [0.4, 0.5) is 0 Å². The maximum Gasteiger partial charge on any atom is 0.306 e. The third-order valence-corrected chi connectivity index (χ3v) is 17.5. The fourth-order valence-electron chi connectivity index (χ4n) is 10.9. The van der Waals surface area contributed by atoms with E-state index in [1.54, 1.807) is 0 Å². The second-order valence-corrected chi connectivity index (χ2v) is 27.7. The van der Waals surface area contributed by atoms with Crippen molar-refractivity contribution in [3.8, 4) is 0 Å². The molecular formula is C76H142NO8P. The van der Waals surface area contributed by atoms with Crippen molar-refractivity contribution < 1.29 is 42.1 Å². The summed E-state index contributed by atoms with van der Waals surface area (Å²) in [7, 11) is 1.18. The minimum absolute atomic E-state index is 0.0290. The maximum absolute atomic E-state index is 12.9. The summed E-state index contributed by atoms with van der Waals surface area (Å²) in [6, 6.07) is 0. The van der Waals surface area contributed by atoms with Crippen LogP contribution in [-0.2, 0) is 32.7 Å². The number of phosphoric acid groups is 1. The summed E-state index contributed by atoms with van der Waals surface area (Å²) >= 11 is 0. The number of carbonyl (C=O) groups is 2. The predicted octanol–water partition coefficient (Wildman–Crippen LogP) is 23.5. The molecule has 0 aromatic heterocycles. The van der Waals surface area contributed by atoms with Crippen molar-refractivity contribution in [2.75, 3.05) is 47.5 Å². The smallest absolute Gasteiger partial charge is 0.306 e. The molecule has 10 heteroatoms. The van der Waals surface area contributed by atoms with Gasteiger partial charge in [0.25, 0.3) is 7.82 Å². The van der Waals surface area contributed by atoms with Crippen molar-refractivity contribution in [3.63, 3.8) is 0 Å². The van der Waals surface area contributed by atoms with Crippen molar-refractivity contribution in [1.82, 2.24) is 0 Å². The SMILES string of the molecule is CC/C=C\C/C=C\C/C=C\C/C=C\CCCCCCCCCCCCCCCCCCCCCCCCCCCCCCC(=O)OC(COC(=O)CCCCCCCCCCC/C=C\CCCCCCCCCC)COP(=O)([O-])OCC[N+](C)(C)C. The van der Waals surface area contributed by atoms with Gasteiger partial charge in [0.2, 0.25) is 0 Å². The number of hydrogen-bond acceptors (Lipinski definition) is 8. The predicted molar refractivity (Wildman–Crippen MR) is 370 cm³/mol. The Morgan fingerprint density at radius 2 is 0.663 bits per heavy atom. The van der Waals surface area contributed by atoms with Crippen LogP contribution in [-0.4, -0.2) is 70.0 Å². The van der Waals surface area contributed by atoms with E-state index in [9.17, 15) is 19.0 Å². The fourth-order valence-corrected chi connectivity index (χ4v) is 11.6. The molecule has 0 spiro atoms. The van der Waals surface area contributed by atoms with Crippen LogP contribution in [0.1, 0.15) is 361 Å². The van der Waals surface area contributed by atoms with Crippen molar-refractivity contribution >= 4 is 19.8 Å². The molecule has 0 fully saturated rings. The molecule has 2 unspecified atom stereocenters. The van der Waals surface area contributed by atoms with Gasteiger partial charge in [-0.1, -0.05) is 331 Å². The molecule has 2 atom stereocenters. The third kappa shape index (κ3) is 70.8. The Bertz CT molecular complexity index is 1630. The summed E-state index contributed by atoms with van der Waals surface area (Å²) in [5, 5.41) is 0. The zero-order valence-electron chi connectivity index (χ0n) is 57.5. The van der Waals surface area contributed by atoms with E-state index in [-0.39, 0.29) is 32.0 Å². The molecule has 0 aliphatic rings. The number of quaternary nitrogens is 1. The third-order valence-electron chi connectivity index (χ3n) is 16.5. The second kappa shape index (κ2) is 67.1. The summed E-state index contributed by atoms with van der Waals surface area (Å²) in [4.78, 5) is 38.1. The molecule has 0 aromatic rings. The number of allylic oxidation sites excluding steroid dienone is 10. The standard InChI is InChI=1S/C76H142NO8P/c1-6-8-10-12-14-16-18-20-22-24-26-28-29-30-31-32-33-34-35-36-37-38-39-40-41-42-43-44-45-46-47-49-51-53-55-57-59-61-63-65-67-69-76(79)85-74(73-84-86(80,81)83-71-70-77(3,4)5)72-82-75(78)68-66-64-62-60-58-56-54-52-50-48-27-25-23-21-19-17-15-13-11-9-7-2/h8,10,14,16,20,22,25-28,74H,6-7,9,11-13,15,17-19,21,23-24,29-73H2,1-5H3/b10-8-,16-14-,22-20-,27-25-,28-26-. The lowest BCUT2D eigenvalue weighted by Crippen LogP contribution is -2.37. The zero-order chi connectivity index (χ0) is 62.6. The van der Waals surface area contributed by atoms with E-state index >= 15 is 0 Å². The summed E-state index contributed by atoms with van der Waals surface area (Å²) in [6.45, 7) is 4.18. The number of esters is 2. The molecule has 0 amide bonds. The Balaban J connectivity index is 3.89. The Morgan fingerprint density at radius 3 is 1.00 bits per heavy atom. The molecule has 86 heavy (non-hydrogen) atoms. The minimum atomic E-state index is -4.64. The Morgan fingerprint density at radius 1 is 0.372 bits per heavy atom. The first kappa shape index (κ1) is 83.7. The molecule has 0 rings (SSSR count). The van der Waals surface area contributed by atoms with Gasteiger partial charge in [0.05, 0.1) is 27.7 Å². The molecule has 0 aliphatic heterocycles. The van der Waals surface area contributed by atoms with Crippen LogP contribution >= 0.6 is 7.82 Å². The number of carbonyl (C=O) groups excluding carboxylic acids is 2. The van der Waals surface area contributed by atoms with E-state index in [0.29, 0.717) is 17.4 Å². The van der Waals surface area contributed by atoms with E-state index in [1.807, 2.05) is 21.1 Å². The highest BCUT2D eigenvalue weighted by Gasteiger charge is 2.22. The lowest BCUT2D eigenvalue weighted by Gasteiger charge is -2.28. The maximum atomic E-state index is 12.9. The van der Waals surface area contributed by atoms with Crippen molar-refractivity contribution in [1.29, 1.82) is 0 Å². The molecule has 0 saturated heterocycles. The molecular weight excluding hydrogens is 1090 g/mol. The Kier molecular flexibility index (Phi) is 65.3. The second-order valence-electron chi connectivity index (χ2n) is 26.3. The first-order valence-electron chi connectivity index (χ1n) is 37.0. The van der Waals surface area contributed by atoms with Gasteiger partial charge in [-0.05, 0) is 77.0 Å². The van der Waals surface area contributed by atoms with Gasteiger partial charge < -0.3 is 27.9 Å². The van der Waals surface area contributed by atoms with Gasteiger partial charge in [-0.3, -0.25) is 14.2 Å². The van der Waals surface area contributed by atoms with Crippen molar-refractivity contribution in [2.45, 2.75) is 367 Å². The van der Waals surface area contributed by atoms with Crippen LogP contribution in [0.5, 0.6) is 0 Å². The molecule has 0 N–H and O–H groups in total. The van der Waals surface area contributed by atoms with Crippen LogP contribution in [0.3, 0.4) is 0 Å². The highest BCUT2D eigenvalue weighted by molar-refractivity contribution is 7.45. The molecule has 0 heterocycles. The lowest BCUT2D eigenvalue weighted by atomic mass is 10.0. The summed E-state index contributed by atoms with van der Waals surface area (Å²) in [5.74, 6) is -0.817. The monoisotopic (exact) mass is 1230 g/mol. The van der Waals surface area contributed by atoms with E-state index in [4.69, 9.17) is 18.5 Å².